The summed E-state index contributed by atoms with van der Waals surface area (Å²) in [5.74, 6) is 0.396. The highest BCUT2D eigenvalue weighted by Crippen LogP contribution is 1.98. The molecule has 0 aromatic carbocycles. The van der Waals surface area contributed by atoms with E-state index in [2.05, 4.69) is 16.0 Å². The van der Waals surface area contributed by atoms with Crippen molar-refractivity contribution in [2.24, 2.45) is 0 Å². The van der Waals surface area contributed by atoms with E-state index in [-0.39, 0.29) is 24.4 Å². The molecule has 0 fully saturated rings. The highest BCUT2D eigenvalue weighted by molar-refractivity contribution is 5.83. The molecular weight excluding hydrogens is 246 g/mol. The minimum absolute atomic E-state index is 0.0948. The fourth-order valence-electron chi connectivity index (χ4n) is 1.45. The Morgan fingerprint density at radius 3 is 2.63 bits per heavy atom. The summed E-state index contributed by atoms with van der Waals surface area (Å²) in [5, 5.41) is 8.33. The van der Waals surface area contributed by atoms with E-state index in [4.69, 9.17) is 4.42 Å². The second-order valence-electron chi connectivity index (χ2n) is 4.62. The minimum Gasteiger partial charge on any atom is -0.467 e. The highest BCUT2D eigenvalue weighted by Gasteiger charge is 2.13. The lowest BCUT2D eigenvalue weighted by atomic mass is 10.3. The van der Waals surface area contributed by atoms with E-state index < -0.39 is 6.04 Å². The molecule has 0 aliphatic heterocycles. The molecule has 1 aromatic heterocycles. The Labute approximate surface area is 112 Å². The summed E-state index contributed by atoms with van der Waals surface area (Å²) in [4.78, 5) is 23.1. The van der Waals surface area contributed by atoms with Crippen molar-refractivity contribution in [3.63, 3.8) is 0 Å². The molecule has 3 N–H and O–H groups in total. The monoisotopic (exact) mass is 267 g/mol. The molecule has 1 aromatic rings. The van der Waals surface area contributed by atoms with E-state index in [9.17, 15) is 9.59 Å². The van der Waals surface area contributed by atoms with Gasteiger partial charge in [0.2, 0.25) is 11.8 Å². The lowest BCUT2D eigenvalue weighted by Gasteiger charge is -2.14. The third kappa shape index (κ3) is 6.05. The van der Waals surface area contributed by atoms with Crippen LogP contribution in [-0.4, -0.2) is 30.4 Å². The molecule has 2 amide bonds. The summed E-state index contributed by atoms with van der Waals surface area (Å²) in [6.45, 7) is 5.94. The first-order valence-electron chi connectivity index (χ1n) is 6.32. The van der Waals surface area contributed by atoms with Crippen molar-refractivity contribution in [2.75, 3.05) is 6.54 Å². The normalized spacial score (nSPS) is 12.2. The smallest absolute Gasteiger partial charge is 0.237 e. The summed E-state index contributed by atoms with van der Waals surface area (Å²) in [7, 11) is 0. The molecule has 0 radical (unpaired) electrons. The SMILES string of the molecule is CC(C)NC(=O)CNC(C)C(=O)NCc1ccco1. The van der Waals surface area contributed by atoms with E-state index in [0.29, 0.717) is 12.3 Å². The fraction of sp³-hybridized carbons (Fsp3) is 0.538. The standard InChI is InChI=1S/C13H21N3O3/c1-9(2)16-12(17)8-14-10(3)13(18)15-7-11-5-4-6-19-11/h4-6,9-10,14H,7-8H2,1-3H3,(H,15,18)(H,16,17). The van der Waals surface area contributed by atoms with Gasteiger partial charge < -0.3 is 15.1 Å². The number of furan rings is 1. The Balaban J connectivity index is 2.23. The molecule has 0 spiro atoms. The number of hydrogen-bond donors (Lipinski definition) is 3. The number of carbonyl (C=O) groups is 2. The first-order chi connectivity index (χ1) is 8.99. The Bertz CT molecular complexity index is 401. The van der Waals surface area contributed by atoms with E-state index in [1.54, 1.807) is 25.3 Å². The zero-order valence-electron chi connectivity index (χ0n) is 11.5. The molecule has 1 heterocycles. The van der Waals surface area contributed by atoms with Gasteiger partial charge in [-0.3, -0.25) is 14.9 Å². The van der Waals surface area contributed by atoms with E-state index in [0.717, 1.165) is 0 Å². The average Bonchev–Trinajstić information content (AvgIpc) is 2.85. The number of carbonyl (C=O) groups excluding carboxylic acids is 2. The number of amides is 2. The van der Waals surface area contributed by atoms with Crippen LogP contribution in [0.2, 0.25) is 0 Å². The summed E-state index contributed by atoms with van der Waals surface area (Å²) in [5.41, 5.74) is 0. The Morgan fingerprint density at radius 1 is 1.32 bits per heavy atom. The van der Waals surface area contributed by atoms with E-state index >= 15 is 0 Å². The molecule has 0 bridgehead atoms. The van der Waals surface area contributed by atoms with Gasteiger partial charge in [0.05, 0.1) is 25.4 Å². The van der Waals surface area contributed by atoms with Crippen LogP contribution in [0.5, 0.6) is 0 Å². The Hall–Kier alpha value is -1.82. The molecule has 1 rings (SSSR count). The van der Waals surface area contributed by atoms with Crippen LogP contribution in [0, 0.1) is 0 Å². The molecule has 6 heteroatoms. The van der Waals surface area contributed by atoms with Crippen molar-refractivity contribution < 1.29 is 14.0 Å². The molecule has 0 aliphatic rings. The molecule has 1 atom stereocenters. The first-order valence-corrected chi connectivity index (χ1v) is 6.32. The average molecular weight is 267 g/mol. The summed E-state index contributed by atoms with van der Waals surface area (Å²) >= 11 is 0. The van der Waals surface area contributed by atoms with Gasteiger partial charge in [-0.05, 0) is 32.9 Å². The van der Waals surface area contributed by atoms with Crippen LogP contribution in [0.3, 0.4) is 0 Å². The number of hydrogen-bond acceptors (Lipinski definition) is 4. The third-order valence-corrected chi connectivity index (χ3v) is 2.43. The van der Waals surface area contributed by atoms with Gasteiger partial charge in [0.15, 0.2) is 0 Å². The lowest BCUT2D eigenvalue weighted by Crippen LogP contribution is -2.46. The van der Waals surface area contributed by atoms with Gasteiger partial charge in [-0.2, -0.15) is 0 Å². The van der Waals surface area contributed by atoms with Crippen molar-refractivity contribution >= 4 is 11.8 Å². The van der Waals surface area contributed by atoms with Gasteiger partial charge in [0.25, 0.3) is 0 Å². The molecule has 1 unspecified atom stereocenters. The quantitative estimate of drug-likeness (QED) is 0.667. The maximum Gasteiger partial charge on any atom is 0.237 e. The maximum atomic E-state index is 11.7. The second-order valence-corrected chi connectivity index (χ2v) is 4.62. The molecule has 0 saturated heterocycles. The Morgan fingerprint density at radius 2 is 2.05 bits per heavy atom. The van der Waals surface area contributed by atoms with Crippen LogP contribution in [0.25, 0.3) is 0 Å². The molecule has 106 valence electrons. The third-order valence-electron chi connectivity index (χ3n) is 2.43. The van der Waals surface area contributed by atoms with Crippen LogP contribution in [0.4, 0.5) is 0 Å². The summed E-state index contributed by atoms with van der Waals surface area (Å²) < 4.78 is 5.11. The Kier molecular flexibility index (Phi) is 6.08. The molecule has 0 aliphatic carbocycles. The molecule has 6 nitrogen and oxygen atoms in total. The lowest BCUT2D eigenvalue weighted by molar-refractivity contribution is -0.123. The summed E-state index contributed by atoms with van der Waals surface area (Å²) in [6.07, 6.45) is 1.55. The zero-order valence-corrected chi connectivity index (χ0v) is 11.5. The number of nitrogens with one attached hydrogen (secondary N) is 3. The molecule has 19 heavy (non-hydrogen) atoms. The predicted octanol–water partition coefficient (Wildman–Crippen LogP) is 0.399. The van der Waals surface area contributed by atoms with Gasteiger partial charge in [-0.1, -0.05) is 0 Å². The van der Waals surface area contributed by atoms with E-state index in [1.165, 1.54) is 0 Å². The van der Waals surface area contributed by atoms with Gasteiger partial charge in [-0.25, -0.2) is 0 Å². The van der Waals surface area contributed by atoms with Crippen molar-refractivity contribution in [3.05, 3.63) is 24.2 Å². The van der Waals surface area contributed by atoms with Crippen LogP contribution < -0.4 is 16.0 Å². The summed E-state index contributed by atoms with van der Waals surface area (Å²) in [6, 6.07) is 3.21. The topological polar surface area (TPSA) is 83.4 Å². The highest BCUT2D eigenvalue weighted by atomic mass is 16.3. The molecule has 0 saturated carbocycles. The second kappa shape index (κ2) is 7.58. The van der Waals surface area contributed by atoms with Crippen LogP contribution in [0.15, 0.2) is 22.8 Å². The van der Waals surface area contributed by atoms with Crippen LogP contribution in [0.1, 0.15) is 26.5 Å². The predicted molar refractivity (Wildman–Crippen MR) is 71.3 cm³/mol. The van der Waals surface area contributed by atoms with E-state index in [1.807, 2.05) is 13.8 Å². The first kappa shape index (κ1) is 15.2. The maximum absolute atomic E-state index is 11.7. The van der Waals surface area contributed by atoms with Crippen LogP contribution >= 0.6 is 0 Å². The number of rotatable bonds is 7. The van der Waals surface area contributed by atoms with Crippen molar-refractivity contribution in [3.8, 4) is 0 Å². The van der Waals surface area contributed by atoms with Crippen molar-refractivity contribution in [1.82, 2.24) is 16.0 Å². The largest absolute Gasteiger partial charge is 0.467 e. The molecular formula is C13H21N3O3. The fourth-order valence-corrected chi connectivity index (χ4v) is 1.45. The minimum atomic E-state index is -0.437. The van der Waals surface area contributed by atoms with Crippen molar-refractivity contribution in [2.45, 2.75) is 39.4 Å². The van der Waals surface area contributed by atoms with Gasteiger partial charge in [-0.15, -0.1) is 0 Å². The van der Waals surface area contributed by atoms with Crippen molar-refractivity contribution in [1.29, 1.82) is 0 Å². The zero-order chi connectivity index (χ0) is 14.3. The van der Waals surface area contributed by atoms with Gasteiger partial charge in [0, 0.05) is 6.04 Å². The van der Waals surface area contributed by atoms with Crippen LogP contribution in [-0.2, 0) is 16.1 Å². The van der Waals surface area contributed by atoms with Gasteiger partial charge in [0.1, 0.15) is 5.76 Å². The van der Waals surface area contributed by atoms with Gasteiger partial charge >= 0.3 is 0 Å².